The van der Waals surface area contributed by atoms with Crippen molar-refractivity contribution in [1.29, 1.82) is 0 Å². The summed E-state index contributed by atoms with van der Waals surface area (Å²) in [5, 5.41) is 10.7. The van der Waals surface area contributed by atoms with Crippen LogP contribution in [0.15, 0.2) is 24.3 Å². The number of nitro groups is 1. The molecule has 19 heavy (non-hydrogen) atoms. The molecule has 0 aliphatic heterocycles. The lowest BCUT2D eigenvalue weighted by molar-refractivity contribution is -0.385. The average molecular weight is 289 g/mol. The first-order chi connectivity index (χ1) is 8.82. The van der Waals surface area contributed by atoms with Crippen LogP contribution in [0.4, 0.5) is 5.69 Å². The van der Waals surface area contributed by atoms with E-state index in [4.69, 9.17) is 5.73 Å². The largest absolute Gasteiger partial charge is 0.368 e. The van der Waals surface area contributed by atoms with E-state index in [0.29, 0.717) is 0 Å². The molecule has 0 radical (unpaired) electrons. The van der Waals surface area contributed by atoms with E-state index in [1.807, 2.05) is 0 Å². The van der Waals surface area contributed by atoms with Crippen LogP contribution >= 0.6 is 0 Å². The number of benzene rings is 1. The summed E-state index contributed by atoms with van der Waals surface area (Å²) in [7, 11) is -3.97. The summed E-state index contributed by atoms with van der Waals surface area (Å²) in [6.07, 6.45) is 0. The number of nitrogens with two attached hydrogens (primary N) is 1. The van der Waals surface area contributed by atoms with Crippen molar-refractivity contribution >= 4 is 21.6 Å². The smallest absolute Gasteiger partial charge is 0.273 e. The first-order valence-corrected chi connectivity index (χ1v) is 6.59. The van der Waals surface area contributed by atoms with Crippen molar-refractivity contribution in [3.8, 4) is 0 Å². The molecule has 0 bridgehead atoms. The van der Waals surface area contributed by atoms with Crippen molar-refractivity contribution in [2.45, 2.75) is 5.75 Å². The second kappa shape index (κ2) is 6.22. The van der Waals surface area contributed by atoms with Crippen LogP contribution in [-0.2, 0) is 25.4 Å². The van der Waals surface area contributed by atoms with Gasteiger partial charge in [-0.05, 0) is 0 Å². The highest BCUT2D eigenvalue weighted by Gasteiger charge is 2.19. The van der Waals surface area contributed by atoms with Gasteiger partial charge < -0.3 is 5.73 Å². The Kier molecular flexibility index (Phi) is 4.92. The number of hydrogen-bond donors (Lipinski definition) is 2. The van der Waals surface area contributed by atoms with Gasteiger partial charge in [-0.25, -0.2) is 8.42 Å². The van der Waals surface area contributed by atoms with Crippen LogP contribution in [0.2, 0.25) is 0 Å². The zero-order chi connectivity index (χ0) is 14.5. The zero-order valence-electron chi connectivity index (χ0n) is 9.61. The molecular formula is C9H11N3O6S. The van der Waals surface area contributed by atoms with Gasteiger partial charge in [-0.2, -0.15) is 0 Å². The molecule has 0 unspecified atom stereocenters. The molecule has 3 N–H and O–H groups in total. The van der Waals surface area contributed by atoms with Crippen molar-refractivity contribution in [2.75, 3.05) is 6.61 Å². The molecule has 0 atom stereocenters. The Morgan fingerprint density at radius 1 is 1.42 bits per heavy atom. The maximum Gasteiger partial charge on any atom is 0.273 e. The van der Waals surface area contributed by atoms with E-state index in [0.717, 1.165) is 0 Å². The third kappa shape index (κ3) is 4.99. The van der Waals surface area contributed by atoms with E-state index in [9.17, 15) is 23.3 Å². The van der Waals surface area contributed by atoms with Crippen molar-refractivity contribution in [3.05, 3.63) is 39.9 Å². The highest BCUT2D eigenvalue weighted by atomic mass is 32.2. The van der Waals surface area contributed by atoms with Gasteiger partial charge in [0.1, 0.15) is 6.61 Å². The van der Waals surface area contributed by atoms with E-state index in [1.165, 1.54) is 24.3 Å². The predicted molar refractivity (Wildman–Crippen MR) is 64.0 cm³/mol. The van der Waals surface area contributed by atoms with Gasteiger partial charge in [-0.3, -0.25) is 19.7 Å². The molecule has 0 spiro atoms. The number of nitro benzene ring substituents is 1. The van der Waals surface area contributed by atoms with Gasteiger partial charge in [0.15, 0.2) is 0 Å². The van der Waals surface area contributed by atoms with E-state index in [-0.39, 0.29) is 11.3 Å². The summed E-state index contributed by atoms with van der Waals surface area (Å²) in [6, 6.07) is 5.40. The fourth-order valence-electron chi connectivity index (χ4n) is 1.24. The van der Waals surface area contributed by atoms with Gasteiger partial charge in [0.05, 0.1) is 10.7 Å². The molecule has 10 heteroatoms. The second-order valence-electron chi connectivity index (χ2n) is 3.48. The lowest BCUT2D eigenvalue weighted by atomic mass is 10.2. The third-order valence-corrected chi connectivity index (χ3v) is 3.00. The van der Waals surface area contributed by atoms with Gasteiger partial charge in [0.25, 0.3) is 5.69 Å². The van der Waals surface area contributed by atoms with Crippen LogP contribution in [-0.4, -0.2) is 25.9 Å². The number of nitrogens with zero attached hydrogens (tertiary/aromatic N) is 1. The van der Waals surface area contributed by atoms with E-state index >= 15 is 0 Å². The molecular weight excluding hydrogens is 278 g/mol. The SMILES string of the molecule is NC(=O)CONS(=O)(=O)Cc1ccccc1[N+](=O)[O-]. The normalized spacial score (nSPS) is 11.2. The maximum absolute atomic E-state index is 11.5. The number of hydrogen-bond acceptors (Lipinski definition) is 6. The third-order valence-electron chi connectivity index (χ3n) is 1.93. The highest BCUT2D eigenvalue weighted by Crippen LogP contribution is 2.19. The molecule has 0 aliphatic rings. The number of para-hydroxylation sites is 1. The first kappa shape index (κ1) is 15.0. The average Bonchev–Trinajstić information content (AvgIpc) is 2.27. The topological polar surface area (TPSA) is 142 Å². The summed E-state index contributed by atoms with van der Waals surface area (Å²) < 4.78 is 23.1. The van der Waals surface area contributed by atoms with E-state index in [1.54, 1.807) is 4.89 Å². The van der Waals surface area contributed by atoms with Crippen molar-refractivity contribution in [1.82, 2.24) is 4.89 Å². The Balaban J connectivity index is 2.78. The summed E-state index contributed by atoms with van der Waals surface area (Å²) in [4.78, 5) is 26.4. The number of rotatable bonds is 7. The molecule has 9 nitrogen and oxygen atoms in total. The fraction of sp³-hybridized carbons (Fsp3) is 0.222. The fourth-order valence-corrected chi connectivity index (χ4v) is 2.19. The Hall–Kier alpha value is -2.04. The molecule has 1 aromatic rings. The molecule has 1 amide bonds. The van der Waals surface area contributed by atoms with Crippen molar-refractivity contribution in [2.24, 2.45) is 5.73 Å². The summed E-state index contributed by atoms with van der Waals surface area (Å²) >= 11 is 0. The molecule has 1 aromatic carbocycles. The number of amides is 1. The van der Waals surface area contributed by atoms with E-state index in [2.05, 4.69) is 4.84 Å². The standard InChI is InChI=1S/C9H11N3O6S/c10-9(13)5-18-11-19(16,17)6-7-3-1-2-4-8(7)12(14)15/h1-4,11H,5-6H2,(H2,10,13). The summed E-state index contributed by atoms with van der Waals surface area (Å²) in [5.74, 6) is -1.50. The van der Waals surface area contributed by atoms with Crippen LogP contribution in [0.3, 0.4) is 0 Å². The maximum atomic E-state index is 11.5. The molecule has 0 aromatic heterocycles. The van der Waals surface area contributed by atoms with Crippen molar-refractivity contribution < 1.29 is 23.0 Å². The minimum absolute atomic E-state index is 0.00248. The summed E-state index contributed by atoms with van der Waals surface area (Å²) in [6.45, 7) is -0.629. The molecule has 104 valence electrons. The molecule has 0 aliphatic carbocycles. The molecule has 0 heterocycles. The minimum Gasteiger partial charge on any atom is -0.368 e. The molecule has 0 fully saturated rings. The lowest BCUT2D eigenvalue weighted by Gasteiger charge is -2.06. The zero-order valence-corrected chi connectivity index (χ0v) is 10.4. The molecule has 0 saturated heterocycles. The number of nitrogens with one attached hydrogen (secondary N) is 1. The number of sulfonamides is 1. The Labute approximate surface area is 108 Å². The van der Waals surface area contributed by atoms with Crippen molar-refractivity contribution in [3.63, 3.8) is 0 Å². The number of primary amides is 1. The quantitative estimate of drug-likeness (QED) is 0.508. The van der Waals surface area contributed by atoms with Gasteiger partial charge >= 0.3 is 0 Å². The van der Waals surface area contributed by atoms with E-state index < -0.39 is 33.2 Å². The van der Waals surface area contributed by atoms with Gasteiger partial charge in [-0.1, -0.05) is 23.1 Å². The van der Waals surface area contributed by atoms with Crippen LogP contribution in [0.25, 0.3) is 0 Å². The molecule has 0 saturated carbocycles. The number of carbonyl (C=O) groups excluding carboxylic acids is 1. The molecule has 1 rings (SSSR count). The van der Waals surface area contributed by atoms with Crippen LogP contribution < -0.4 is 10.6 Å². The van der Waals surface area contributed by atoms with Crippen LogP contribution in [0, 0.1) is 10.1 Å². The van der Waals surface area contributed by atoms with Gasteiger partial charge in [0.2, 0.25) is 15.9 Å². The Morgan fingerprint density at radius 3 is 2.63 bits per heavy atom. The highest BCUT2D eigenvalue weighted by molar-refractivity contribution is 7.88. The van der Waals surface area contributed by atoms with Gasteiger partial charge in [0, 0.05) is 11.6 Å². The van der Waals surface area contributed by atoms with Crippen LogP contribution in [0.1, 0.15) is 5.56 Å². The Bertz CT molecular complexity index is 585. The van der Waals surface area contributed by atoms with Crippen LogP contribution in [0.5, 0.6) is 0 Å². The predicted octanol–water partition coefficient (Wildman–Crippen LogP) is -0.569. The monoisotopic (exact) mass is 289 g/mol. The summed E-state index contributed by atoms with van der Waals surface area (Å²) in [5.41, 5.74) is 4.44. The van der Waals surface area contributed by atoms with Gasteiger partial charge in [-0.15, -0.1) is 0 Å². The second-order valence-corrected chi connectivity index (χ2v) is 5.17. The number of carbonyl (C=O) groups is 1. The minimum atomic E-state index is -3.97. The Morgan fingerprint density at radius 2 is 2.05 bits per heavy atom. The lowest BCUT2D eigenvalue weighted by Crippen LogP contribution is -2.30. The first-order valence-electron chi connectivity index (χ1n) is 4.93.